The number of hydrogen-bond donors (Lipinski definition) is 2. The van der Waals surface area contributed by atoms with E-state index >= 15 is 0 Å². The second-order valence-electron chi connectivity index (χ2n) is 4.65. The molecule has 2 N–H and O–H groups in total. The van der Waals surface area contributed by atoms with Crippen molar-refractivity contribution in [3.05, 3.63) is 41.2 Å². The first kappa shape index (κ1) is 14.3. The Bertz CT molecular complexity index is 461. The van der Waals surface area contributed by atoms with Gasteiger partial charge in [0.2, 0.25) is 0 Å². The number of nitrogens with zero attached hydrogens (tertiary/aromatic N) is 1. The van der Waals surface area contributed by atoms with E-state index in [9.17, 15) is 9.50 Å². The van der Waals surface area contributed by atoms with Gasteiger partial charge in [-0.05, 0) is 18.6 Å². The van der Waals surface area contributed by atoms with Crippen LogP contribution in [0.4, 0.5) is 4.39 Å². The zero-order valence-electron chi connectivity index (χ0n) is 10.7. The van der Waals surface area contributed by atoms with E-state index in [0.717, 1.165) is 32.2 Å². The summed E-state index contributed by atoms with van der Waals surface area (Å²) in [6.07, 6.45) is 2.43. The Balaban J connectivity index is 2.34. The van der Waals surface area contributed by atoms with Crippen LogP contribution in [-0.4, -0.2) is 36.2 Å². The fourth-order valence-corrected chi connectivity index (χ4v) is 2.68. The van der Waals surface area contributed by atoms with Crippen molar-refractivity contribution in [1.82, 2.24) is 10.2 Å². The molecule has 19 heavy (non-hydrogen) atoms. The minimum Gasteiger partial charge on any atom is -0.506 e. The maximum absolute atomic E-state index is 13.5. The summed E-state index contributed by atoms with van der Waals surface area (Å²) in [4.78, 5) is 2.21. The molecule has 5 heteroatoms. The monoisotopic (exact) mass is 284 g/mol. The Morgan fingerprint density at radius 3 is 2.79 bits per heavy atom. The van der Waals surface area contributed by atoms with E-state index in [1.807, 2.05) is 0 Å². The first-order valence-electron chi connectivity index (χ1n) is 6.37. The van der Waals surface area contributed by atoms with Gasteiger partial charge in [0.25, 0.3) is 0 Å². The van der Waals surface area contributed by atoms with E-state index < -0.39 is 5.82 Å². The van der Waals surface area contributed by atoms with Gasteiger partial charge >= 0.3 is 0 Å². The zero-order chi connectivity index (χ0) is 13.8. The van der Waals surface area contributed by atoms with E-state index in [0.29, 0.717) is 12.0 Å². The Labute approximate surface area is 117 Å². The van der Waals surface area contributed by atoms with Crippen molar-refractivity contribution in [2.75, 3.05) is 26.2 Å². The summed E-state index contributed by atoms with van der Waals surface area (Å²) in [5.41, 5.74) is 0.534. The van der Waals surface area contributed by atoms with Crippen LogP contribution in [0.1, 0.15) is 18.0 Å². The van der Waals surface area contributed by atoms with E-state index in [1.54, 1.807) is 6.08 Å². The Morgan fingerprint density at radius 2 is 2.16 bits per heavy atom. The summed E-state index contributed by atoms with van der Waals surface area (Å²) < 4.78 is 13.5. The third-order valence-electron chi connectivity index (χ3n) is 3.40. The van der Waals surface area contributed by atoms with Gasteiger partial charge in [-0.3, -0.25) is 4.90 Å². The third-order valence-corrected chi connectivity index (χ3v) is 3.69. The van der Waals surface area contributed by atoms with E-state index in [4.69, 9.17) is 11.6 Å². The lowest BCUT2D eigenvalue weighted by Gasteiger charge is -2.35. The van der Waals surface area contributed by atoms with Gasteiger partial charge in [0.15, 0.2) is 0 Å². The molecule has 0 aromatic heterocycles. The number of nitrogens with one attached hydrogen (secondary N) is 1. The molecule has 0 spiro atoms. The molecule has 1 heterocycles. The third kappa shape index (κ3) is 3.26. The van der Waals surface area contributed by atoms with Crippen LogP contribution >= 0.6 is 11.6 Å². The molecule has 1 fully saturated rings. The average Bonchev–Trinajstić information content (AvgIpc) is 2.41. The number of aromatic hydroxyl groups is 1. The Hall–Kier alpha value is -1.10. The predicted octanol–water partition coefficient (Wildman–Crippen LogP) is 2.71. The average molecular weight is 285 g/mol. The highest BCUT2D eigenvalue weighted by atomic mass is 35.5. The predicted molar refractivity (Wildman–Crippen MR) is 75.1 cm³/mol. The molecule has 0 bridgehead atoms. The molecule has 0 saturated carbocycles. The smallest absolute Gasteiger partial charge is 0.139 e. The lowest BCUT2D eigenvalue weighted by molar-refractivity contribution is 0.171. The molecule has 1 aromatic carbocycles. The zero-order valence-corrected chi connectivity index (χ0v) is 11.5. The van der Waals surface area contributed by atoms with Crippen LogP contribution < -0.4 is 5.32 Å². The number of benzene rings is 1. The number of phenols is 1. The molecule has 1 aromatic rings. The van der Waals surface area contributed by atoms with Crippen LogP contribution in [0, 0.1) is 5.82 Å². The van der Waals surface area contributed by atoms with Gasteiger partial charge in [0.05, 0.1) is 5.02 Å². The van der Waals surface area contributed by atoms with Crippen molar-refractivity contribution in [2.24, 2.45) is 0 Å². The van der Waals surface area contributed by atoms with Crippen LogP contribution in [0.2, 0.25) is 5.02 Å². The van der Waals surface area contributed by atoms with Crippen LogP contribution in [-0.2, 0) is 0 Å². The highest BCUT2D eigenvalue weighted by molar-refractivity contribution is 6.32. The van der Waals surface area contributed by atoms with Gasteiger partial charge in [-0.15, -0.1) is 6.58 Å². The molecule has 1 saturated heterocycles. The van der Waals surface area contributed by atoms with Crippen molar-refractivity contribution in [2.45, 2.75) is 12.5 Å². The largest absolute Gasteiger partial charge is 0.506 e. The number of piperazine rings is 1. The van der Waals surface area contributed by atoms with Gasteiger partial charge in [-0.1, -0.05) is 17.7 Å². The fourth-order valence-electron chi connectivity index (χ4n) is 2.46. The van der Waals surface area contributed by atoms with Crippen LogP contribution in [0.25, 0.3) is 0 Å². The van der Waals surface area contributed by atoms with E-state index in [2.05, 4.69) is 16.8 Å². The van der Waals surface area contributed by atoms with Gasteiger partial charge in [-0.25, -0.2) is 4.39 Å². The van der Waals surface area contributed by atoms with Crippen LogP contribution in [0.15, 0.2) is 24.8 Å². The highest BCUT2D eigenvalue weighted by Crippen LogP contribution is 2.37. The highest BCUT2D eigenvalue weighted by Gasteiger charge is 2.25. The number of rotatable bonds is 4. The molecular formula is C14H18ClFN2O. The quantitative estimate of drug-likeness (QED) is 0.835. The molecule has 0 aliphatic carbocycles. The lowest BCUT2D eigenvalue weighted by atomic mass is 10.00. The van der Waals surface area contributed by atoms with Crippen LogP contribution in [0.5, 0.6) is 5.75 Å². The standard InChI is InChI=1S/C14H18ClFN2O/c1-2-3-13(18-6-4-17-5-7-18)11-8-10(16)9-12(15)14(11)19/h2,8-9,13,17,19H,1,3-7H2/t13-/m0/s1. The van der Waals surface area contributed by atoms with Crippen molar-refractivity contribution in [3.63, 3.8) is 0 Å². The summed E-state index contributed by atoms with van der Waals surface area (Å²) >= 11 is 5.86. The Morgan fingerprint density at radius 1 is 1.47 bits per heavy atom. The summed E-state index contributed by atoms with van der Waals surface area (Å²) in [7, 11) is 0. The SMILES string of the molecule is C=CC[C@@H](c1cc(F)cc(Cl)c1O)N1CCNCC1. The molecular weight excluding hydrogens is 267 g/mol. The minimum atomic E-state index is -0.429. The molecule has 2 rings (SSSR count). The van der Waals surface area contributed by atoms with Gasteiger partial charge in [0.1, 0.15) is 11.6 Å². The lowest BCUT2D eigenvalue weighted by Crippen LogP contribution is -2.45. The first-order valence-corrected chi connectivity index (χ1v) is 6.75. The van der Waals surface area contributed by atoms with E-state index in [1.165, 1.54) is 6.07 Å². The van der Waals surface area contributed by atoms with Crippen LogP contribution in [0.3, 0.4) is 0 Å². The molecule has 104 valence electrons. The summed E-state index contributed by atoms with van der Waals surface area (Å²) in [5, 5.41) is 13.4. The summed E-state index contributed by atoms with van der Waals surface area (Å²) in [5.74, 6) is -0.463. The second kappa shape index (κ2) is 6.37. The van der Waals surface area contributed by atoms with Gasteiger partial charge in [0, 0.05) is 37.8 Å². The van der Waals surface area contributed by atoms with Gasteiger partial charge in [-0.2, -0.15) is 0 Å². The molecule has 3 nitrogen and oxygen atoms in total. The molecule has 1 atom stereocenters. The normalized spacial score (nSPS) is 18.2. The first-order chi connectivity index (χ1) is 9.13. The molecule has 1 aliphatic heterocycles. The number of halogens is 2. The van der Waals surface area contributed by atoms with Crippen molar-refractivity contribution >= 4 is 11.6 Å². The van der Waals surface area contributed by atoms with E-state index in [-0.39, 0.29) is 16.8 Å². The van der Waals surface area contributed by atoms with Crippen molar-refractivity contribution in [1.29, 1.82) is 0 Å². The van der Waals surface area contributed by atoms with Gasteiger partial charge < -0.3 is 10.4 Å². The number of phenolic OH excluding ortho intramolecular Hbond substituents is 1. The Kier molecular flexibility index (Phi) is 4.80. The summed E-state index contributed by atoms with van der Waals surface area (Å²) in [6.45, 7) is 7.22. The fraction of sp³-hybridized carbons (Fsp3) is 0.429. The minimum absolute atomic E-state index is 0.0338. The number of hydrogen-bond acceptors (Lipinski definition) is 3. The van der Waals surface area contributed by atoms with Crippen molar-refractivity contribution < 1.29 is 9.50 Å². The molecule has 0 radical (unpaired) electrons. The van der Waals surface area contributed by atoms with Crippen molar-refractivity contribution in [3.8, 4) is 5.75 Å². The molecule has 0 unspecified atom stereocenters. The topological polar surface area (TPSA) is 35.5 Å². The maximum Gasteiger partial charge on any atom is 0.139 e. The summed E-state index contributed by atoms with van der Waals surface area (Å²) in [6, 6.07) is 2.40. The molecule has 1 aliphatic rings. The molecule has 0 amide bonds. The maximum atomic E-state index is 13.5. The second-order valence-corrected chi connectivity index (χ2v) is 5.06.